The molecular weight excluding hydrogens is 406 g/mol. The molecular formula is C20H23N5O4S. The molecule has 0 spiro atoms. The number of sulfonamides is 1. The largest absolute Gasteiger partial charge is 0.454 e. The second kappa shape index (κ2) is 9.04. The summed E-state index contributed by atoms with van der Waals surface area (Å²) in [6, 6.07) is 11.4. The Morgan fingerprint density at radius 1 is 1.13 bits per heavy atom. The van der Waals surface area contributed by atoms with E-state index in [1.54, 1.807) is 29.8 Å². The molecule has 30 heavy (non-hydrogen) atoms. The van der Waals surface area contributed by atoms with Gasteiger partial charge in [-0.05, 0) is 60.5 Å². The molecule has 0 saturated carbocycles. The normalized spacial score (nSPS) is 11.3. The van der Waals surface area contributed by atoms with Crippen molar-refractivity contribution < 1.29 is 17.9 Å². The molecule has 158 valence electrons. The van der Waals surface area contributed by atoms with Crippen LogP contribution >= 0.6 is 0 Å². The van der Waals surface area contributed by atoms with Crippen LogP contribution in [0.4, 0.5) is 5.69 Å². The van der Waals surface area contributed by atoms with Gasteiger partial charge in [-0.1, -0.05) is 30.7 Å². The number of tetrazole rings is 1. The molecule has 9 nitrogen and oxygen atoms in total. The Kier molecular flexibility index (Phi) is 6.46. The minimum Gasteiger partial charge on any atom is -0.454 e. The number of carbonyl (C=O) groups is 1. The van der Waals surface area contributed by atoms with Gasteiger partial charge in [-0.25, -0.2) is 17.9 Å². The third-order valence-electron chi connectivity index (χ3n) is 4.39. The van der Waals surface area contributed by atoms with E-state index >= 15 is 0 Å². The zero-order valence-electron chi connectivity index (χ0n) is 17.0. The van der Waals surface area contributed by atoms with Crippen molar-refractivity contribution >= 4 is 21.7 Å². The van der Waals surface area contributed by atoms with Crippen molar-refractivity contribution in [1.82, 2.24) is 20.2 Å². The van der Waals surface area contributed by atoms with E-state index < -0.39 is 16.0 Å². The zero-order valence-corrected chi connectivity index (χ0v) is 17.8. The maximum atomic E-state index is 12.9. The van der Waals surface area contributed by atoms with Crippen LogP contribution in [-0.2, 0) is 27.9 Å². The van der Waals surface area contributed by atoms with Gasteiger partial charge in [0.1, 0.15) is 0 Å². The minimum atomic E-state index is -3.88. The van der Waals surface area contributed by atoms with Gasteiger partial charge >= 0.3 is 5.97 Å². The van der Waals surface area contributed by atoms with E-state index in [9.17, 15) is 13.2 Å². The van der Waals surface area contributed by atoms with Gasteiger partial charge in [-0.15, -0.1) is 5.10 Å². The van der Waals surface area contributed by atoms with E-state index in [-0.39, 0.29) is 17.1 Å². The van der Waals surface area contributed by atoms with Crippen LogP contribution in [0.25, 0.3) is 0 Å². The number of hydrogen-bond acceptors (Lipinski definition) is 7. The van der Waals surface area contributed by atoms with Crippen LogP contribution in [0, 0.1) is 13.8 Å². The van der Waals surface area contributed by atoms with Crippen molar-refractivity contribution in [3.63, 3.8) is 0 Å². The zero-order chi connectivity index (χ0) is 21.7. The Bertz CT molecular complexity index is 1140. The summed E-state index contributed by atoms with van der Waals surface area (Å²) in [7, 11) is -3.88. The van der Waals surface area contributed by atoms with Gasteiger partial charge in [0.25, 0.3) is 10.0 Å². The Hall–Kier alpha value is -3.27. The number of rotatable bonds is 8. The number of esters is 1. The number of carbonyl (C=O) groups excluding carboxylic acids is 1. The summed E-state index contributed by atoms with van der Waals surface area (Å²) in [5.41, 5.74) is 2.09. The lowest BCUT2D eigenvalue weighted by Gasteiger charge is -2.12. The molecule has 1 heterocycles. The number of benzene rings is 2. The van der Waals surface area contributed by atoms with E-state index in [4.69, 9.17) is 4.74 Å². The van der Waals surface area contributed by atoms with Gasteiger partial charge in [0.2, 0.25) is 0 Å². The third-order valence-corrected chi connectivity index (χ3v) is 5.91. The topological polar surface area (TPSA) is 116 Å². The summed E-state index contributed by atoms with van der Waals surface area (Å²) >= 11 is 0. The van der Waals surface area contributed by atoms with Gasteiger partial charge in [-0.2, -0.15) is 0 Å². The summed E-state index contributed by atoms with van der Waals surface area (Å²) < 4.78 is 35.1. The Morgan fingerprint density at radius 2 is 1.87 bits per heavy atom. The molecule has 0 fully saturated rings. The molecule has 0 aliphatic heterocycles. The minimum absolute atomic E-state index is 0.00772. The standard InChI is InChI=1S/C20H23N5O4S/c1-4-11-25-19(21-23-24-25)13-29-20(26)16-8-7-15(3)18(12-16)30(27,28)22-17-9-5-14(2)6-10-17/h5-10,12,22H,4,11,13H2,1-3H3. The molecule has 10 heteroatoms. The molecule has 2 aromatic carbocycles. The fourth-order valence-corrected chi connectivity index (χ4v) is 4.10. The molecule has 0 aliphatic carbocycles. The second-order valence-electron chi connectivity index (χ2n) is 6.85. The smallest absolute Gasteiger partial charge is 0.338 e. The predicted molar refractivity (Wildman–Crippen MR) is 110 cm³/mol. The van der Waals surface area contributed by atoms with E-state index in [0.29, 0.717) is 23.6 Å². The number of nitrogens with zero attached hydrogens (tertiary/aromatic N) is 4. The van der Waals surface area contributed by atoms with Crippen molar-refractivity contribution in [3.8, 4) is 0 Å². The summed E-state index contributed by atoms with van der Waals surface area (Å²) in [6.45, 7) is 6.06. The van der Waals surface area contributed by atoms with Crippen LogP contribution < -0.4 is 4.72 Å². The van der Waals surface area contributed by atoms with Crippen LogP contribution in [0.3, 0.4) is 0 Å². The lowest BCUT2D eigenvalue weighted by atomic mass is 10.1. The first kappa shape index (κ1) is 21.4. The summed E-state index contributed by atoms with van der Waals surface area (Å²) in [5, 5.41) is 11.3. The maximum Gasteiger partial charge on any atom is 0.338 e. The van der Waals surface area contributed by atoms with Crippen LogP contribution in [0.1, 0.15) is 40.7 Å². The molecule has 0 amide bonds. The van der Waals surface area contributed by atoms with Gasteiger partial charge in [0, 0.05) is 12.2 Å². The van der Waals surface area contributed by atoms with Crippen LogP contribution in [-0.4, -0.2) is 34.6 Å². The van der Waals surface area contributed by atoms with Crippen molar-refractivity contribution in [1.29, 1.82) is 0 Å². The van der Waals surface area contributed by atoms with E-state index in [1.807, 2.05) is 26.0 Å². The Balaban J connectivity index is 1.77. The summed E-state index contributed by atoms with van der Waals surface area (Å²) in [6.07, 6.45) is 0.832. The van der Waals surface area contributed by atoms with Crippen molar-refractivity contribution in [3.05, 3.63) is 65.0 Å². The number of ether oxygens (including phenoxy) is 1. The molecule has 1 N–H and O–H groups in total. The first-order valence-electron chi connectivity index (χ1n) is 9.42. The average molecular weight is 430 g/mol. The van der Waals surface area contributed by atoms with E-state index in [2.05, 4.69) is 20.2 Å². The molecule has 1 aromatic heterocycles. The third kappa shape index (κ3) is 5.01. The first-order chi connectivity index (χ1) is 14.3. The summed E-state index contributed by atoms with van der Waals surface area (Å²) in [5.74, 6) is -0.237. The number of aryl methyl sites for hydroxylation is 3. The molecule has 0 aliphatic rings. The first-order valence-corrected chi connectivity index (χ1v) is 10.9. The maximum absolute atomic E-state index is 12.9. The number of anilines is 1. The molecule has 0 radical (unpaired) electrons. The lowest BCUT2D eigenvalue weighted by molar-refractivity contribution is 0.0456. The van der Waals surface area contributed by atoms with Crippen LogP contribution in [0.2, 0.25) is 0 Å². The predicted octanol–water partition coefficient (Wildman–Crippen LogP) is 2.86. The number of nitrogens with one attached hydrogen (secondary N) is 1. The fraction of sp³-hybridized carbons (Fsp3) is 0.300. The summed E-state index contributed by atoms with van der Waals surface area (Å²) in [4.78, 5) is 12.5. The molecule has 0 bridgehead atoms. The van der Waals surface area contributed by atoms with Crippen molar-refractivity contribution in [2.24, 2.45) is 0 Å². The SMILES string of the molecule is CCCn1nnnc1COC(=O)c1ccc(C)c(S(=O)(=O)Nc2ccc(C)cc2)c1. The second-order valence-corrected chi connectivity index (χ2v) is 8.50. The Labute approximate surface area is 175 Å². The van der Waals surface area contributed by atoms with Gasteiger partial charge in [0.05, 0.1) is 10.5 Å². The highest BCUT2D eigenvalue weighted by Gasteiger charge is 2.20. The highest BCUT2D eigenvalue weighted by atomic mass is 32.2. The van der Waals surface area contributed by atoms with Gasteiger partial charge in [-0.3, -0.25) is 4.72 Å². The number of aromatic nitrogens is 4. The van der Waals surface area contributed by atoms with Crippen LogP contribution in [0.15, 0.2) is 47.4 Å². The molecule has 0 saturated heterocycles. The van der Waals surface area contributed by atoms with Gasteiger partial charge in [0.15, 0.2) is 12.4 Å². The quantitative estimate of drug-likeness (QED) is 0.547. The van der Waals surface area contributed by atoms with Gasteiger partial charge < -0.3 is 4.74 Å². The average Bonchev–Trinajstić information content (AvgIpc) is 3.15. The highest BCUT2D eigenvalue weighted by Crippen LogP contribution is 2.22. The van der Waals surface area contributed by atoms with Crippen molar-refractivity contribution in [2.45, 2.75) is 45.2 Å². The van der Waals surface area contributed by atoms with E-state index in [1.165, 1.54) is 12.1 Å². The molecule has 3 aromatic rings. The fourth-order valence-electron chi connectivity index (χ4n) is 2.77. The molecule has 3 rings (SSSR count). The van der Waals surface area contributed by atoms with Crippen molar-refractivity contribution in [2.75, 3.05) is 4.72 Å². The lowest BCUT2D eigenvalue weighted by Crippen LogP contribution is -2.16. The van der Waals surface area contributed by atoms with Crippen LogP contribution in [0.5, 0.6) is 0 Å². The monoisotopic (exact) mass is 429 g/mol. The Morgan fingerprint density at radius 3 is 2.57 bits per heavy atom. The molecule has 0 unspecified atom stereocenters. The molecule has 0 atom stereocenters. The highest BCUT2D eigenvalue weighted by molar-refractivity contribution is 7.92. The number of hydrogen-bond donors (Lipinski definition) is 1. The van der Waals surface area contributed by atoms with E-state index in [0.717, 1.165) is 12.0 Å².